The predicted molar refractivity (Wildman–Crippen MR) is 78.2 cm³/mol. The fraction of sp³-hybridized carbons (Fsp3) is 0.250. The number of sulfonamides is 1. The van der Waals surface area contributed by atoms with Crippen LogP contribution in [-0.2, 0) is 16.6 Å². The van der Waals surface area contributed by atoms with Gasteiger partial charge >= 0.3 is 0 Å². The standard InChI is InChI=1S/C12H15ClN4O2S/c1-7-4-3-5-9(13)11(7)17-20(18,19)12-8(2)15-16-10(12)6-14/h3-5,17H,6,14H2,1-2H3,(H,15,16). The first-order chi connectivity index (χ1) is 9.36. The molecule has 1 aromatic carbocycles. The molecule has 0 aliphatic heterocycles. The van der Waals surface area contributed by atoms with Gasteiger partial charge < -0.3 is 5.73 Å². The lowest BCUT2D eigenvalue weighted by Crippen LogP contribution is -2.17. The molecule has 1 heterocycles. The van der Waals surface area contributed by atoms with Crippen LogP contribution in [0.15, 0.2) is 23.1 Å². The Morgan fingerprint density at radius 1 is 1.40 bits per heavy atom. The third-order valence-corrected chi connectivity index (χ3v) is 4.75. The predicted octanol–water partition coefficient (Wildman–Crippen LogP) is 1.94. The van der Waals surface area contributed by atoms with E-state index in [-0.39, 0.29) is 11.4 Å². The van der Waals surface area contributed by atoms with E-state index in [1.165, 1.54) is 0 Å². The number of aromatic nitrogens is 2. The van der Waals surface area contributed by atoms with Gasteiger partial charge in [-0.05, 0) is 25.5 Å². The molecule has 20 heavy (non-hydrogen) atoms. The number of nitrogens with two attached hydrogens (primary N) is 1. The molecular weight excluding hydrogens is 300 g/mol. The molecule has 0 saturated heterocycles. The molecule has 4 N–H and O–H groups in total. The van der Waals surface area contributed by atoms with Crippen LogP contribution in [-0.4, -0.2) is 18.6 Å². The van der Waals surface area contributed by atoms with Gasteiger partial charge in [-0.2, -0.15) is 5.10 Å². The van der Waals surface area contributed by atoms with Crippen molar-refractivity contribution in [3.8, 4) is 0 Å². The van der Waals surface area contributed by atoms with Crippen molar-refractivity contribution in [2.75, 3.05) is 4.72 Å². The van der Waals surface area contributed by atoms with E-state index in [1.54, 1.807) is 32.0 Å². The van der Waals surface area contributed by atoms with Crippen LogP contribution in [0.5, 0.6) is 0 Å². The Balaban J connectivity index is 2.49. The van der Waals surface area contributed by atoms with Crippen LogP contribution in [0.25, 0.3) is 0 Å². The largest absolute Gasteiger partial charge is 0.325 e. The topological polar surface area (TPSA) is 101 Å². The minimum absolute atomic E-state index is 0.0298. The lowest BCUT2D eigenvalue weighted by molar-refractivity contribution is 0.599. The molecule has 0 saturated carbocycles. The van der Waals surface area contributed by atoms with Crippen LogP contribution in [0.3, 0.4) is 0 Å². The summed E-state index contributed by atoms with van der Waals surface area (Å²) in [6, 6.07) is 5.15. The van der Waals surface area contributed by atoms with Crippen LogP contribution in [0.4, 0.5) is 5.69 Å². The summed E-state index contributed by atoms with van der Waals surface area (Å²) < 4.78 is 27.5. The highest BCUT2D eigenvalue weighted by Crippen LogP contribution is 2.29. The minimum Gasteiger partial charge on any atom is -0.325 e. The van der Waals surface area contributed by atoms with Gasteiger partial charge in [-0.3, -0.25) is 9.82 Å². The van der Waals surface area contributed by atoms with E-state index in [4.69, 9.17) is 17.3 Å². The summed E-state index contributed by atoms with van der Waals surface area (Å²) in [5, 5.41) is 6.85. The highest BCUT2D eigenvalue weighted by molar-refractivity contribution is 7.92. The molecule has 0 unspecified atom stereocenters. The number of hydrogen-bond acceptors (Lipinski definition) is 4. The van der Waals surface area contributed by atoms with Crippen LogP contribution in [0.2, 0.25) is 5.02 Å². The van der Waals surface area contributed by atoms with E-state index in [9.17, 15) is 8.42 Å². The third-order valence-electron chi connectivity index (χ3n) is 2.88. The molecule has 6 nitrogen and oxygen atoms in total. The molecule has 0 bridgehead atoms. The Labute approximate surface area is 122 Å². The van der Waals surface area contributed by atoms with Gasteiger partial charge in [-0.25, -0.2) is 8.42 Å². The summed E-state index contributed by atoms with van der Waals surface area (Å²) >= 11 is 6.04. The molecule has 0 radical (unpaired) electrons. The van der Waals surface area contributed by atoms with Crippen LogP contribution < -0.4 is 10.5 Å². The van der Waals surface area contributed by atoms with Crippen molar-refractivity contribution in [3.05, 3.63) is 40.2 Å². The molecule has 0 spiro atoms. The normalized spacial score (nSPS) is 11.6. The molecule has 0 fully saturated rings. The van der Waals surface area contributed by atoms with E-state index in [1.807, 2.05) is 0 Å². The number of nitrogens with zero attached hydrogens (tertiary/aromatic N) is 1. The smallest absolute Gasteiger partial charge is 0.265 e. The second-order valence-electron chi connectivity index (χ2n) is 4.37. The van der Waals surface area contributed by atoms with Crippen LogP contribution in [0, 0.1) is 13.8 Å². The number of aromatic amines is 1. The van der Waals surface area contributed by atoms with Gasteiger partial charge in [0.25, 0.3) is 10.0 Å². The van der Waals surface area contributed by atoms with E-state index in [0.29, 0.717) is 22.1 Å². The van der Waals surface area contributed by atoms with Gasteiger partial charge in [-0.1, -0.05) is 23.7 Å². The van der Waals surface area contributed by atoms with E-state index < -0.39 is 10.0 Å². The summed E-state index contributed by atoms with van der Waals surface area (Å²) in [6.45, 7) is 3.43. The maximum atomic E-state index is 12.5. The first-order valence-electron chi connectivity index (χ1n) is 5.88. The Bertz CT molecular complexity index is 720. The van der Waals surface area contributed by atoms with Crippen LogP contribution in [0.1, 0.15) is 17.0 Å². The van der Waals surface area contributed by atoms with Gasteiger partial charge in [0.05, 0.1) is 22.1 Å². The van der Waals surface area contributed by atoms with Gasteiger partial charge in [0, 0.05) is 6.54 Å². The Kier molecular flexibility index (Phi) is 4.03. The zero-order valence-electron chi connectivity index (χ0n) is 11.1. The number of aryl methyl sites for hydroxylation is 2. The molecule has 2 aromatic rings. The highest BCUT2D eigenvalue weighted by atomic mass is 35.5. The Hall–Kier alpha value is -1.57. The van der Waals surface area contributed by atoms with Crippen molar-refractivity contribution in [3.63, 3.8) is 0 Å². The summed E-state index contributed by atoms with van der Waals surface area (Å²) in [7, 11) is -3.80. The third kappa shape index (κ3) is 2.65. The SMILES string of the molecule is Cc1cccc(Cl)c1NS(=O)(=O)c1c(CN)n[nH]c1C. The highest BCUT2D eigenvalue weighted by Gasteiger charge is 2.24. The summed E-state index contributed by atoms with van der Waals surface area (Å²) in [5.74, 6) is 0. The first kappa shape index (κ1) is 14.8. The van der Waals surface area contributed by atoms with Crippen molar-refractivity contribution >= 4 is 27.3 Å². The first-order valence-corrected chi connectivity index (χ1v) is 7.74. The maximum Gasteiger partial charge on any atom is 0.265 e. The van der Waals surface area contributed by atoms with Crippen molar-refractivity contribution in [1.82, 2.24) is 10.2 Å². The fourth-order valence-electron chi connectivity index (χ4n) is 1.91. The van der Waals surface area contributed by atoms with E-state index >= 15 is 0 Å². The fourth-order valence-corrected chi connectivity index (χ4v) is 3.77. The maximum absolute atomic E-state index is 12.5. The second-order valence-corrected chi connectivity index (χ2v) is 6.39. The molecule has 1 aromatic heterocycles. The van der Waals surface area contributed by atoms with E-state index in [0.717, 1.165) is 5.56 Å². The molecule has 0 aliphatic carbocycles. The minimum atomic E-state index is -3.80. The molecule has 0 aliphatic rings. The zero-order chi connectivity index (χ0) is 14.9. The summed E-state index contributed by atoms with van der Waals surface area (Å²) in [5.41, 5.74) is 7.33. The number of benzene rings is 1. The number of rotatable bonds is 4. The monoisotopic (exact) mass is 314 g/mol. The number of para-hydroxylation sites is 1. The van der Waals surface area contributed by atoms with Crippen LogP contribution >= 0.6 is 11.6 Å². The number of hydrogen-bond donors (Lipinski definition) is 3. The molecule has 2 rings (SSSR count). The quantitative estimate of drug-likeness (QED) is 0.802. The lowest BCUT2D eigenvalue weighted by atomic mass is 10.2. The molecule has 0 atom stereocenters. The lowest BCUT2D eigenvalue weighted by Gasteiger charge is -2.12. The van der Waals surface area contributed by atoms with Crippen molar-refractivity contribution in [2.24, 2.45) is 5.73 Å². The van der Waals surface area contributed by atoms with Gasteiger partial charge in [0.1, 0.15) is 4.90 Å². The average Bonchev–Trinajstić information content (AvgIpc) is 2.76. The van der Waals surface area contributed by atoms with Gasteiger partial charge in [0.2, 0.25) is 0 Å². The summed E-state index contributed by atoms with van der Waals surface area (Å²) in [4.78, 5) is 0.0688. The van der Waals surface area contributed by atoms with E-state index in [2.05, 4.69) is 14.9 Å². The molecule has 108 valence electrons. The Morgan fingerprint density at radius 2 is 2.10 bits per heavy atom. The van der Waals surface area contributed by atoms with Crippen molar-refractivity contribution < 1.29 is 8.42 Å². The second kappa shape index (κ2) is 5.43. The number of nitrogens with one attached hydrogen (secondary N) is 2. The number of anilines is 1. The molecular formula is C12H15ClN4O2S. The molecule has 0 amide bonds. The summed E-state index contributed by atoms with van der Waals surface area (Å²) in [6.07, 6.45) is 0. The van der Waals surface area contributed by atoms with Crippen molar-refractivity contribution in [1.29, 1.82) is 0 Å². The van der Waals surface area contributed by atoms with Gasteiger partial charge in [0.15, 0.2) is 0 Å². The number of halogens is 1. The van der Waals surface area contributed by atoms with Gasteiger partial charge in [-0.15, -0.1) is 0 Å². The van der Waals surface area contributed by atoms with Crippen molar-refractivity contribution in [2.45, 2.75) is 25.3 Å². The Morgan fingerprint density at radius 3 is 2.70 bits per heavy atom. The average molecular weight is 315 g/mol. The molecule has 8 heteroatoms. The zero-order valence-corrected chi connectivity index (χ0v) is 12.6. The number of H-pyrrole nitrogens is 1.